The van der Waals surface area contributed by atoms with E-state index in [-0.39, 0.29) is 46.9 Å². The zero-order valence-corrected chi connectivity index (χ0v) is 23.8. The van der Waals surface area contributed by atoms with Crippen molar-refractivity contribution in [3.8, 4) is 0 Å². The van der Waals surface area contributed by atoms with Crippen LogP contribution in [0.25, 0.3) is 11.2 Å². The van der Waals surface area contributed by atoms with Crippen LogP contribution in [0.5, 0.6) is 0 Å². The Kier molecular flexibility index (Phi) is 7.23. The number of amides is 3. The summed E-state index contributed by atoms with van der Waals surface area (Å²) in [6, 6.07) is 1.47. The predicted molar refractivity (Wildman–Crippen MR) is 150 cm³/mol. The van der Waals surface area contributed by atoms with Gasteiger partial charge in [0.05, 0.1) is 6.04 Å². The summed E-state index contributed by atoms with van der Waals surface area (Å²) < 4.78 is 5.88. The van der Waals surface area contributed by atoms with Crippen LogP contribution in [-0.4, -0.2) is 63.0 Å². The summed E-state index contributed by atoms with van der Waals surface area (Å²) in [4.78, 5) is 63.2. The first kappa shape index (κ1) is 27.7. The summed E-state index contributed by atoms with van der Waals surface area (Å²) in [7, 11) is 0. The normalized spacial score (nSPS) is 27.0. The van der Waals surface area contributed by atoms with Gasteiger partial charge < -0.3 is 25.7 Å². The van der Waals surface area contributed by atoms with Gasteiger partial charge in [-0.2, -0.15) is 4.98 Å². The molecule has 4 fully saturated rings. The van der Waals surface area contributed by atoms with Crippen LogP contribution in [0.1, 0.15) is 71.6 Å². The average molecular weight is 565 g/mol. The van der Waals surface area contributed by atoms with Crippen LogP contribution in [-0.2, 0) is 19.2 Å². The Balaban J connectivity index is 1.26. The van der Waals surface area contributed by atoms with Gasteiger partial charge in [-0.25, -0.2) is 4.98 Å². The number of pyridine rings is 1. The lowest BCUT2D eigenvalue weighted by molar-refractivity contribution is -0.144. The molecule has 2 aromatic rings. The van der Waals surface area contributed by atoms with E-state index >= 15 is 0 Å². The number of rotatable bonds is 10. The second kappa shape index (κ2) is 10.7. The summed E-state index contributed by atoms with van der Waals surface area (Å²) >= 11 is 0. The summed E-state index contributed by atoms with van der Waals surface area (Å²) in [5.41, 5.74) is 6.24. The number of nitrogens with two attached hydrogens (primary N) is 1. The maximum absolute atomic E-state index is 14.4. The number of carbonyl (C=O) groups excluding carboxylic acids is 4. The number of likely N-dealkylation sites (tertiary alicyclic amines) is 1. The number of hydrogen-bond acceptors (Lipinski definition) is 8. The molecule has 0 radical (unpaired) electrons. The van der Waals surface area contributed by atoms with Gasteiger partial charge >= 0.3 is 0 Å². The van der Waals surface area contributed by atoms with Crippen LogP contribution in [0.15, 0.2) is 22.7 Å². The Hall–Kier alpha value is -3.50. The lowest BCUT2D eigenvalue weighted by Crippen LogP contribution is -2.58. The van der Waals surface area contributed by atoms with Crippen LogP contribution >= 0.6 is 0 Å². The van der Waals surface area contributed by atoms with Gasteiger partial charge in [-0.15, -0.1) is 0 Å². The van der Waals surface area contributed by atoms with Gasteiger partial charge in [0.1, 0.15) is 12.1 Å². The van der Waals surface area contributed by atoms with Gasteiger partial charge in [-0.3, -0.25) is 19.2 Å². The molecular formula is C30H40N6O5. The molecule has 4 N–H and O–H groups in total. The van der Waals surface area contributed by atoms with Gasteiger partial charge in [0, 0.05) is 12.7 Å². The SMILES string of the molecule is CC1(C)C2[C@@H](C(=O)NC(CC3CCC3)C(=O)C(N)=O)N(C(=O)[C@@H](Nc3nc4ncccc4o3)C3CCCCC3)C[C@@H]21. The highest BCUT2D eigenvalue weighted by molar-refractivity contribution is 6.37. The smallest absolute Gasteiger partial charge is 0.297 e. The van der Waals surface area contributed by atoms with Gasteiger partial charge in [0.15, 0.2) is 5.58 Å². The first-order valence-electron chi connectivity index (χ1n) is 15.1. The second-order valence-corrected chi connectivity index (χ2v) is 13.1. The molecule has 5 atom stereocenters. The van der Waals surface area contributed by atoms with E-state index in [9.17, 15) is 19.2 Å². The van der Waals surface area contributed by atoms with Crippen molar-refractivity contribution >= 4 is 40.7 Å². The van der Waals surface area contributed by atoms with Crippen molar-refractivity contribution in [2.24, 2.45) is 34.8 Å². The fourth-order valence-corrected chi connectivity index (χ4v) is 7.53. The minimum Gasteiger partial charge on any atom is -0.422 e. The molecule has 3 amide bonds. The Morgan fingerprint density at radius 1 is 1.12 bits per heavy atom. The highest BCUT2D eigenvalue weighted by atomic mass is 16.4. The molecule has 3 heterocycles. The Morgan fingerprint density at radius 2 is 1.88 bits per heavy atom. The van der Waals surface area contributed by atoms with Crippen molar-refractivity contribution < 1.29 is 23.6 Å². The second-order valence-electron chi connectivity index (χ2n) is 13.1. The number of primary amides is 1. The molecule has 11 nitrogen and oxygen atoms in total. The lowest BCUT2D eigenvalue weighted by atomic mass is 9.80. The highest BCUT2D eigenvalue weighted by Gasteiger charge is 2.69. The number of aromatic nitrogens is 2. The molecule has 220 valence electrons. The van der Waals surface area contributed by atoms with Gasteiger partial charge in [-0.1, -0.05) is 52.4 Å². The maximum Gasteiger partial charge on any atom is 0.297 e. The average Bonchev–Trinajstić information content (AvgIpc) is 3.29. The van der Waals surface area contributed by atoms with E-state index in [2.05, 4.69) is 34.4 Å². The molecule has 1 aliphatic heterocycles. The molecule has 0 bridgehead atoms. The third-order valence-electron chi connectivity index (χ3n) is 10.3. The molecule has 3 saturated carbocycles. The molecule has 1 saturated heterocycles. The molecule has 3 aliphatic carbocycles. The van der Waals surface area contributed by atoms with Crippen molar-refractivity contribution in [2.45, 2.75) is 89.8 Å². The molecule has 2 aromatic heterocycles. The number of Topliss-reactive ketones (excluding diaryl/α,β-unsaturated/α-hetero) is 1. The number of piperidine rings is 1. The third kappa shape index (κ3) is 5.19. The van der Waals surface area contributed by atoms with Crippen LogP contribution < -0.4 is 16.4 Å². The fourth-order valence-electron chi connectivity index (χ4n) is 7.53. The van der Waals surface area contributed by atoms with Crippen molar-refractivity contribution in [3.63, 3.8) is 0 Å². The van der Waals surface area contributed by atoms with Gasteiger partial charge in [0.2, 0.25) is 23.2 Å². The first-order chi connectivity index (χ1) is 19.6. The number of oxazole rings is 1. The summed E-state index contributed by atoms with van der Waals surface area (Å²) in [5, 5.41) is 6.15. The summed E-state index contributed by atoms with van der Waals surface area (Å²) in [6.45, 7) is 4.70. The molecule has 4 aliphatic rings. The molecule has 0 spiro atoms. The molecule has 0 aromatic carbocycles. The number of fused-ring (bicyclic) bond motifs is 2. The number of nitrogens with zero attached hydrogens (tertiary/aromatic N) is 3. The number of nitrogens with one attached hydrogen (secondary N) is 2. The van der Waals surface area contributed by atoms with E-state index < -0.39 is 29.8 Å². The van der Waals surface area contributed by atoms with Crippen molar-refractivity contribution in [1.82, 2.24) is 20.2 Å². The number of anilines is 1. The molecular weight excluding hydrogens is 524 g/mol. The Bertz CT molecular complexity index is 1310. The minimum atomic E-state index is -1.05. The van der Waals surface area contributed by atoms with Gasteiger partial charge in [-0.05, 0) is 60.5 Å². The lowest BCUT2D eigenvalue weighted by Gasteiger charge is -2.37. The number of ketones is 1. The molecule has 41 heavy (non-hydrogen) atoms. The van der Waals surface area contributed by atoms with Crippen molar-refractivity contribution in [1.29, 1.82) is 0 Å². The first-order valence-corrected chi connectivity index (χ1v) is 15.1. The highest BCUT2D eigenvalue weighted by Crippen LogP contribution is 2.65. The molecule has 6 rings (SSSR count). The zero-order chi connectivity index (χ0) is 28.9. The largest absolute Gasteiger partial charge is 0.422 e. The fraction of sp³-hybridized carbons (Fsp3) is 0.667. The van der Waals surface area contributed by atoms with Crippen molar-refractivity contribution in [3.05, 3.63) is 18.3 Å². The minimum absolute atomic E-state index is 0.0278. The monoisotopic (exact) mass is 564 g/mol. The van der Waals surface area contributed by atoms with E-state index in [1.54, 1.807) is 23.2 Å². The van der Waals surface area contributed by atoms with E-state index in [0.717, 1.165) is 51.4 Å². The topological polar surface area (TPSA) is 161 Å². The van der Waals surface area contributed by atoms with Crippen LogP contribution in [0.3, 0.4) is 0 Å². The molecule has 11 heteroatoms. The maximum atomic E-state index is 14.4. The van der Waals surface area contributed by atoms with E-state index in [1.165, 1.54) is 0 Å². The van der Waals surface area contributed by atoms with Gasteiger partial charge in [0.25, 0.3) is 11.9 Å². The Morgan fingerprint density at radius 3 is 2.54 bits per heavy atom. The van der Waals surface area contributed by atoms with Crippen molar-refractivity contribution in [2.75, 3.05) is 11.9 Å². The van der Waals surface area contributed by atoms with E-state index in [4.69, 9.17) is 10.2 Å². The summed E-state index contributed by atoms with van der Waals surface area (Å²) in [6.07, 6.45) is 10.0. The van der Waals surface area contributed by atoms with Crippen LogP contribution in [0.4, 0.5) is 6.01 Å². The predicted octanol–water partition coefficient (Wildman–Crippen LogP) is 2.80. The van der Waals surface area contributed by atoms with E-state index in [1.807, 2.05) is 0 Å². The number of carbonyl (C=O) groups is 4. The standard InChI is InChI=1S/C30H40N6O5/c1-30(2)18-15-36(23(21(18)30)27(39)33-19(24(37)25(31)38)14-16-8-6-9-16)28(40)22(17-10-4-3-5-11-17)34-29-35-26-20(41-29)12-7-13-32-26/h7,12-13,16-19,21-23H,3-6,8-11,14-15H2,1-2H3,(H2,31,38)(H,33,39)(H,32,34,35)/t18-,19?,21?,22-,23-/m0/s1. The Labute approximate surface area is 239 Å². The third-order valence-corrected chi connectivity index (χ3v) is 10.3. The number of hydrogen-bond donors (Lipinski definition) is 3. The molecule has 2 unspecified atom stereocenters. The summed E-state index contributed by atoms with van der Waals surface area (Å²) in [5.74, 6) is -1.88. The van der Waals surface area contributed by atoms with E-state index in [0.29, 0.717) is 24.2 Å². The zero-order valence-electron chi connectivity index (χ0n) is 23.8. The van der Waals surface area contributed by atoms with Crippen LogP contribution in [0.2, 0.25) is 0 Å². The van der Waals surface area contributed by atoms with Crippen LogP contribution in [0, 0.1) is 29.1 Å². The quantitative estimate of drug-likeness (QED) is 0.371.